The van der Waals surface area contributed by atoms with Gasteiger partial charge in [0.2, 0.25) is 0 Å². The third-order valence-corrected chi connectivity index (χ3v) is 11.1. The van der Waals surface area contributed by atoms with Crippen molar-refractivity contribution in [3.8, 4) is 0 Å². The number of hydrogen-bond donors (Lipinski definition) is 1. The van der Waals surface area contributed by atoms with E-state index < -0.39 is 0 Å². The van der Waals surface area contributed by atoms with Crippen LogP contribution in [0.5, 0.6) is 0 Å². The molecular formula is C42H78N2O4. The second-order valence-corrected chi connectivity index (χ2v) is 15.4. The number of carbonyl (C=O) groups excluding carboxylic acids is 2. The van der Waals surface area contributed by atoms with E-state index in [9.17, 15) is 14.7 Å². The van der Waals surface area contributed by atoms with Crippen LogP contribution in [0.15, 0.2) is 0 Å². The van der Waals surface area contributed by atoms with Gasteiger partial charge in [-0.25, -0.2) is 0 Å². The van der Waals surface area contributed by atoms with Crippen molar-refractivity contribution in [2.75, 3.05) is 6.61 Å². The van der Waals surface area contributed by atoms with Gasteiger partial charge in [0.1, 0.15) is 5.78 Å². The standard InChI is InChI=1S/C32H58O4.C10H20N2/c1-3-4-5-6-7-8-11-14-25-36-32(35)16-13-10-9-12-15-29-27(22-24-31(29)34)21-23-30(33)28-19-17-26(2)18-20-28;1-2-3-4-5-6-7-8-9-10-12-11/h26-30,33H,3-25H2,1-2H3;10H,2-9H2,1H3/t26?,27-,28?,29+,30?;/m0./s1. The first-order valence-electron chi connectivity index (χ1n) is 20.9. The topological polar surface area (TPSA) is 100 Å². The molecule has 0 saturated heterocycles. The van der Waals surface area contributed by atoms with Gasteiger partial charge in [-0.1, -0.05) is 136 Å². The molecule has 2 saturated carbocycles. The molecule has 2 fully saturated rings. The van der Waals surface area contributed by atoms with Crippen LogP contribution in [-0.2, 0) is 14.3 Å². The van der Waals surface area contributed by atoms with E-state index in [0.717, 1.165) is 83.0 Å². The van der Waals surface area contributed by atoms with Crippen molar-refractivity contribution in [2.24, 2.45) is 23.7 Å². The van der Waals surface area contributed by atoms with E-state index in [4.69, 9.17) is 10.3 Å². The second-order valence-electron chi connectivity index (χ2n) is 15.4. The number of ether oxygens (including phenoxy) is 1. The summed E-state index contributed by atoms with van der Waals surface area (Å²) in [5, 5.41) is 10.7. The first-order valence-corrected chi connectivity index (χ1v) is 20.9. The van der Waals surface area contributed by atoms with Crippen molar-refractivity contribution >= 4 is 18.0 Å². The van der Waals surface area contributed by atoms with Gasteiger partial charge in [-0.15, -0.1) is 0 Å². The normalized spacial score (nSPS) is 21.3. The molecule has 2 aliphatic rings. The maximum absolute atomic E-state index is 12.5. The average Bonchev–Trinajstić information content (AvgIpc) is 3.44. The number of aliphatic hydroxyl groups is 1. The summed E-state index contributed by atoms with van der Waals surface area (Å²) in [5.74, 6) is 2.38. The zero-order valence-electron chi connectivity index (χ0n) is 32.0. The molecule has 0 heterocycles. The second kappa shape index (κ2) is 31.5. The van der Waals surface area contributed by atoms with E-state index in [1.54, 1.807) is 6.21 Å². The molecule has 2 rings (SSSR count). The molecule has 6 heteroatoms. The molecule has 1 unspecified atom stereocenters. The fraction of sp³-hybridized carbons (Fsp3) is 0.929. The summed E-state index contributed by atoms with van der Waals surface area (Å²) in [6, 6.07) is 0. The van der Waals surface area contributed by atoms with Gasteiger partial charge >= 0.3 is 5.97 Å². The van der Waals surface area contributed by atoms with Crippen molar-refractivity contribution in [1.29, 1.82) is 0 Å². The van der Waals surface area contributed by atoms with Crippen LogP contribution in [0.4, 0.5) is 0 Å². The number of aliphatic hydroxyl groups excluding tert-OH is 1. The van der Waals surface area contributed by atoms with Crippen LogP contribution < -0.4 is 0 Å². The summed E-state index contributed by atoms with van der Waals surface area (Å²) in [7, 11) is 0. The monoisotopic (exact) mass is 675 g/mol. The Balaban J connectivity index is 0.000000813. The zero-order chi connectivity index (χ0) is 35.1. The predicted molar refractivity (Wildman–Crippen MR) is 201 cm³/mol. The van der Waals surface area contributed by atoms with Gasteiger partial charge in [0.15, 0.2) is 0 Å². The Hall–Kier alpha value is -1.52. The van der Waals surface area contributed by atoms with E-state index >= 15 is 0 Å². The van der Waals surface area contributed by atoms with Gasteiger partial charge in [-0.3, -0.25) is 9.59 Å². The number of ketones is 1. The summed E-state index contributed by atoms with van der Waals surface area (Å²) in [6.07, 6.45) is 35.7. The lowest BCUT2D eigenvalue weighted by atomic mass is 9.78. The molecule has 2 aliphatic carbocycles. The van der Waals surface area contributed by atoms with Crippen LogP contribution in [0.1, 0.15) is 213 Å². The van der Waals surface area contributed by atoms with Gasteiger partial charge in [0, 0.05) is 25.2 Å². The van der Waals surface area contributed by atoms with Gasteiger partial charge in [-0.05, 0) is 75.5 Å². The largest absolute Gasteiger partial charge is 0.466 e. The maximum atomic E-state index is 12.5. The Morgan fingerprint density at radius 2 is 1.35 bits per heavy atom. The number of esters is 1. The number of Topliss-reactive ketones (excluding diaryl/α,β-unsaturated/α-hetero) is 1. The zero-order valence-corrected chi connectivity index (χ0v) is 32.0. The molecule has 0 aromatic heterocycles. The van der Waals surface area contributed by atoms with Crippen molar-refractivity contribution in [3.63, 3.8) is 0 Å². The molecule has 48 heavy (non-hydrogen) atoms. The van der Waals surface area contributed by atoms with Crippen molar-refractivity contribution < 1.29 is 24.2 Å². The first kappa shape index (κ1) is 44.5. The van der Waals surface area contributed by atoms with Crippen molar-refractivity contribution in [2.45, 2.75) is 219 Å². The predicted octanol–water partition coefficient (Wildman–Crippen LogP) is 12.0. The molecule has 0 bridgehead atoms. The van der Waals surface area contributed by atoms with Gasteiger partial charge < -0.3 is 15.4 Å². The Labute approximate surface area is 297 Å². The molecule has 280 valence electrons. The highest BCUT2D eigenvalue weighted by Gasteiger charge is 2.34. The number of rotatable bonds is 28. The molecule has 0 radical (unpaired) electrons. The quantitative estimate of drug-likeness (QED) is 0.0293. The van der Waals surface area contributed by atoms with Gasteiger partial charge in [0.25, 0.3) is 6.21 Å². The molecule has 0 aromatic rings. The number of carbonyl (C=O) groups is 2. The summed E-state index contributed by atoms with van der Waals surface area (Å²) in [5.41, 5.74) is 8.11. The van der Waals surface area contributed by atoms with Crippen molar-refractivity contribution in [1.82, 2.24) is 0 Å². The lowest BCUT2D eigenvalue weighted by molar-refractivity contribution is -0.143. The minimum Gasteiger partial charge on any atom is -0.466 e. The number of hydrogen-bond acceptors (Lipinski definition) is 4. The highest BCUT2D eigenvalue weighted by atomic mass is 16.5. The van der Waals surface area contributed by atoms with E-state index in [1.165, 1.54) is 109 Å². The van der Waals surface area contributed by atoms with E-state index in [0.29, 0.717) is 30.6 Å². The molecule has 0 spiro atoms. The third-order valence-electron chi connectivity index (χ3n) is 11.1. The van der Waals surface area contributed by atoms with Crippen LogP contribution in [0, 0.1) is 23.7 Å². The summed E-state index contributed by atoms with van der Waals surface area (Å²) < 4.78 is 5.39. The van der Waals surface area contributed by atoms with Crippen LogP contribution in [0.25, 0.3) is 5.53 Å². The molecule has 6 nitrogen and oxygen atoms in total. The van der Waals surface area contributed by atoms with Crippen LogP contribution in [0.2, 0.25) is 0 Å². The Morgan fingerprint density at radius 3 is 1.98 bits per heavy atom. The van der Waals surface area contributed by atoms with Crippen LogP contribution in [-0.4, -0.2) is 40.6 Å². The van der Waals surface area contributed by atoms with E-state index in [1.807, 2.05) is 0 Å². The van der Waals surface area contributed by atoms with Gasteiger partial charge in [-0.2, -0.15) is 4.79 Å². The maximum Gasteiger partial charge on any atom is 0.305 e. The van der Waals surface area contributed by atoms with Gasteiger partial charge in [0.05, 0.1) is 12.7 Å². The summed E-state index contributed by atoms with van der Waals surface area (Å²) in [6.45, 7) is 7.38. The minimum absolute atomic E-state index is 0.0463. The van der Waals surface area contributed by atoms with E-state index in [-0.39, 0.29) is 18.0 Å². The fourth-order valence-electron chi connectivity index (χ4n) is 7.74. The molecule has 0 aromatic carbocycles. The lowest BCUT2D eigenvalue weighted by Gasteiger charge is -2.30. The summed E-state index contributed by atoms with van der Waals surface area (Å²) >= 11 is 0. The Kier molecular flexibility index (Phi) is 29.2. The first-order chi connectivity index (χ1) is 23.4. The number of unbranched alkanes of at least 4 members (excludes halogenated alkanes) is 17. The molecule has 3 atom stereocenters. The van der Waals surface area contributed by atoms with Crippen LogP contribution >= 0.6 is 0 Å². The number of nitrogens with zero attached hydrogens (tertiary/aromatic N) is 2. The molecular weight excluding hydrogens is 596 g/mol. The average molecular weight is 675 g/mol. The smallest absolute Gasteiger partial charge is 0.305 e. The highest BCUT2D eigenvalue weighted by molar-refractivity contribution is 5.83. The fourth-order valence-corrected chi connectivity index (χ4v) is 7.74. The minimum atomic E-state index is -0.177. The third kappa shape index (κ3) is 23.8. The Morgan fingerprint density at radius 1 is 0.792 bits per heavy atom. The SMILES string of the molecule is CCCCCCCCCC=[N+]=[N-].CCCCCCCCCCOC(=O)CCCCCC[C@H]1C(=O)CC[C@@H]1CCC(O)C1CCC(C)CC1. The highest BCUT2D eigenvalue weighted by Crippen LogP contribution is 2.38. The van der Waals surface area contributed by atoms with E-state index in [2.05, 4.69) is 25.6 Å². The lowest BCUT2D eigenvalue weighted by Crippen LogP contribution is -2.26. The van der Waals surface area contributed by atoms with Crippen molar-refractivity contribution in [3.05, 3.63) is 5.53 Å². The molecule has 1 N–H and O–H groups in total. The van der Waals surface area contributed by atoms with Crippen LogP contribution in [0.3, 0.4) is 0 Å². The Bertz CT molecular complexity index is 818. The molecule has 0 amide bonds. The molecule has 0 aliphatic heterocycles. The summed E-state index contributed by atoms with van der Waals surface area (Å²) in [4.78, 5) is 27.4.